The van der Waals surface area contributed by atoms with Crippen molar-refractivity contribution in [3.63, 3.8) is 0 Å². The van der Waals surface area contributed by atoms with Crippen LogP contribution in [0.3, 0.4) is 0 Å². The van der Waals surface area contributed by atoms with Gasteiger partial charge in [-0.3, -0.25) is 4.79 Å². The average Bonchev–Trinajstić information content (AvgIpc) is 3.11. The standard InChI is InChI=1S/C27H35N5O.2ClH/c1-2-30-13-15-31(16-14-30)12-11-27(33)29-21-17-22-8-9-23(18-21)32(22)26-10-7-20(19-28)24-5-3-4-6-25(24)26;;/h3-7,10,21-23H,2,8-9,11-18H2,1H3,(H,29,33);2*1H. The first kappa shape index (κ1) is 27.5. The summed E-state index contributed by atoms with van der Waals surface area (Å²) in [6.07, 6.45) is 4.96. The van der Waals surface area contributed by atoms with Crippen molar-refractivity contribution in [3.8, 4) is 6.07 Å². The van der Waals surface area contributed by atoms with Crippen LogP contribution >= 0.6 is 24.8 Å². The van der Waals surface area contributed by atoms with E-state index in [1.165, 1.54) is 23.9 Å². The van der Waals surface area contributed by atoms with Gasteiger partial charge in [0.2, 0.25) is 5.91 Å². The summed E-state index contributed by atoms with van der Waals surface area (Å²) in [6.45, 7) is 8.57. The summed E-state index contributed by atoms with van der Waals surface area (Å²) in [5.41, 5.74) is 1.98. The first-order valence-electron chi connectivity index (χ1n) is 12.6. The van der Waals surface area contributed by atoms with Crippen molar-refractivity contribution in [2.24, 2.45) is 0 Å². The molecule has 1 N–H and O–H groups in total. The van der Waals surface area contributed by atoms with Crippen LogP contribution in [0.4, 0.5) is 5.69 Å². The van der Waals surface area contributed by atoms with Crippen LogP contribution in [0.5, 0.6) is 0 Å². The van der Waals surface area contributed by atoms with E-state index in [1.54, 1.807) is 0 Å². The molecule has 3 saturated heterocycles. The second-order valence-electron chi connectivity index (χ2n) is 9.84. The van der Waals surface area contributed by atoms with E-state index in [1.807, 2.05) is 18.2 Å². The number of anilines is 1. The number of nitriles is 1. The highest BCUT2D eigenvalue weighted by Gasteiger charge is 2.41. The Morgan fingerprint density at radius 1 is 0.971 bits per heavy atom. The number of piperidine rings is 1. The van der Waals surface area contributed by atoms with Gasteiger partial charge in [-0.15, -0.1) is 24.8 Å². The molecule has 0 aromatic heterocycles. The van der Waals surface area contributed by atoms with E-state index < -0.39 is 0 Å². The van der Waals surface area contributed by atoms with E-state index in [-0.39, 0.29) is 36.8 Å². The molecule has 3 aliphatic heterocycles. The highest BCUT2D eigenvalue weighted by atomic mass is 35.5. The topological polar surface area (TPSA) is 62.6 Å². The molecule has 8 heteroatoms. The van der Waals surface area contributed by atoms with Crippen molar-refractivity contribution >= 4 is 47.2 Å². The Morgan fingerprint density at radius 3 is 2.23 bits per heavy atom. The lowest BCUT2D eigenvalue weighted by atomic mass is 9.94. The number of halogens is 2. The molecule has 3 fully saturated rings. The lowest BCUT2D eigenvalue weighted by Crippen LogP contribution is -2.51. The first-order chi connectivity index (χ1) is 16.2. The summed E-state index contributed by atoms with van der Waals surface area (Å²) in [7, 11) is 0. The second kappa shape index (κ2) is 12.3. The zero-order valence-electron chi connectivity index (χ0n) is 20.5. The van der Waals surface area contributed by atoms with Gasteiger partial charge in [-0.25, -0.2) is 0 Å². The summed E-state index contributed by atoms with van der Waals surface area (Å²) < 4.78 is 0. The number of carbonyl (C=O) groups is 1. The maximum Gasteiger partial charge on any atom is 0.221 e. The summed E-state index contributed by atoms with van der Waals surface area (Å²) in [5.74, 6) is 0.203. The van der Waals surface area contributed by atoms with Gasteiger partial charge in [-0.1, -0.05) is 31.2 Å². The van der Waals surface area contributed by atoms with Crippen molar-refractivity contribution in [3.05, 3.63) is 42.0 Å². The fraction of sp³-hybridized carbons (Fsp3) is 0.556. The third-order valence-corrected chi connectivity index (χ3v) is 7.97. The van der Waals surface area contributed by atoms with E-state index in [9.17, 15) is 10.1 Å². The van der Waals surface area contributed by atoms with Crippen LogP contribution in [0.15, 0.2) is 36.4 Å². The Bertz CT molecular complexity index is 1040. The van der Waals surface area contributed by atoms with Crippen LogP contribution in [0.2, 0.25) is 0 Å². The fourth-order valence-electron chi connectivity index (χ4n) is 6.18. The van der Waals surface area contributed by atoms with E-state index >= 15 is 0 Å². The van der Waals surface area contributed by atoms with Crippen LogP contribution < -0.4 is 10.2 Å². The number of rotatable bonds is 6. The van der Waals surface area contributed by atoms with E-state index in [0.717, 1.165) is 63.1 Å². The highest BCUT2D eigenvalue weighted by molar-refractivity contribution is 5.98. The fourth-order valence-corrected chi connectivity index (χ4v) is 6.18. The predicted molar refractivity (Wildman–Crippen MR) is 147 cm³/mol. The molecular weight excluding hydrogens is 481 g/mol. The quantitative estimate of drug-likeness (QED) is 0.621. The monoisotopic (exact) mass is 517 g/mol. The molecule has 0 saturated carbocycles. The smallest absolute Gasteiger partial charge is 0.221 e. The Hall–Kier alpha value is -2.04. The molecule has 6 nitrogen and oxygen atoms in total. The third kappa shape index (κ3) is 5.86. The molecule has 2 aromatic carbocycles. The van der Waals surface area contributed by atoms with Crippen molar-refractivity contribution in [1.82, 2.24) is 15.1 Å². The molecule has 0 radical (unpaired) electrons. The molecule has 5 rings (SSSR count). The largest absolute Gasteiger partial charge is 0.365 e. The molecule has 0 aliphatic carbocycles. The van der Waals surface area contributed by atoms with Gasteiger partial charge < -0.3 is 20.0 Å². The Kier molecular flexibility index (Phi) is 9.66. The Balaban J connectivity index is 0.00000171. The molecule has 2 unspecified atom stereocenters. The molecule has 1 amide bonds. The van der Waals surface area contributed by atoms with Crippen molar-refractivity contribution in [2.75, 3.05) is 44.2 Å². The average molecular weight is 519 g/mol. The number of carbonyl (C=O) groups excluding carboxylic acids is 1. The zero-order valence-corrected chi connectivity index (χ0v) is 22.1. The third-order valence-electron chi connectivity index (χ3n) is 7.97. The number of nitrogens with zero attached hydrogens (tertiary/aromatic N) is 4. The van der Waals surface area contributed by atoms with Gasteiger partial charge in [0, 0.05) is 73.7 Å². The lowest BCUT2D eigenvalue weighted by Gasteiger charge is -2.41. The maximum absolute atomic E-state index is 12.7. The van der Waals surface area contributed by atoms with Crippen molar-refractivity contribution in [2.45, 2.75) is 57.2 Å². The van der Waals surface area contributed by atoms with Crippen molar-refractivity contribution in [1.29, 1.82) is 5.26 Å². The van der Waals surface area contributed by atoms with Crippen LogP contribution in [0, 0.1) is 11.3 Å². The minimum atomic E-state index is 0. The molecule has 3 aliphatic rings. The van der Waals surface area contributed by atoms with Crippen LogP contribution in [-0.4, -0.2) is 73.1 Å². The van der Waals surface area contributed by atoms with Gasteiger partial charge in [-0.2, -0.15) is 5.26 Å². The van der Waals surface area contributed by atoms with Crippen LogP contribution in [0.1, 0.15) is 44.6 Å². The first-order valence-corrected chi connectivity index (χ1v) is 12.6. The summed E-state index contributed by atoms with van der Waals surface area (Å²) in [5, 5.41) is 15.1. The summed E-state index contributed by atoms with van der Waals surface area (Å²) >= 11 is 0. The minimum Gasteiger partial charge on any atom is -0.365 e. The van der Waals surface area contributed by atoms with Gasteiger partial charge in [0.15, 0.2) is 0 Å². The number of hydrogen-bond acceptors (Lipinski definition) is 5. The number of amides is 1. The molecule has 3 heterocycles. The van der Waals surface area contributed by atoms with E-state index in [4.69, 9.17) is 0 Å². The zero-order chi connectivity index (χ0) is 22.8. The number of piperazine rings is 1. The second-order valence-corrected chi connectivity index (χ2v) is 9.84. The normalized spacial score (nSPS) is 24.3. The van der Waals surface area contributed by atoms with Gasteiger partial charge in [0.1, 0.15) is 0 Å². The van der Waals surface area contributed by atoms with E-state index in [0.29, 0.717) is 18.5 Å². The molecule has 190 valence electrons. The minimum absolute atomic E-state index is 0. The number of nitrogens with one attached hydrogen (secondary N) is 1. The van der Waals surface area contributed by atoms with Gasteiger partial charge in [0.25, 0.3) is 0 Å². The van der Waals surface area contributed by atoms with Crippen LogP contribution in [-0.2, 0) is 4.79 Å². The van der Waals surface area contributed by atoms with Crippen LogP contribution in [0.25, 0.3) is 10.8 Å². The van der Waals surface area contributed by atoms with Gasteiger partial charge >= 0.3 is 0 Å². The predicted octanol–water partition coefficient (Wildman–Crippen LogP) is 4.20. The van der Waals surface area contributed by atoms with Crippen molar-refractivity contribution < 1.29 is 4.79 Å². The number of hydrogen-bond donors (Lipinski definition) is 1. The Labute approximate surface area is 221 Å². The summed E-state index contributed by atoms with van der Waals surface area (Å²) in [4.78, 5) is 20.2. The Morgan fingerprint density at radius 2 is 1.60 bits per heavy atom. The molecule has 2 bridgehead atoms. The van der Waals surface area contributed by atoms with E-state index in [2.05, 4.69) is 51.2 Å². The molecule has 2 atom stereocenters. The number of benzene rings is 2. The SMILES string of the molecule is CCN1CCN(CCC(=O)NC2CC3CCC(C2)N3c2ccc(C#N)c3ccccc23)CC1.Cl.Cl. The molecule has 0 spiro atoms. The summed E-state index contributed by atoms with van der Waals surface area (Å²) in [6, 6.07) is 15.9. The molecule has 2 aromatic rings. The van der Waals surface area contributed by atoms with Gasteiger partial charge in [0.05, 0.1) is 11.6 Å². The molecule has 35 heavy (non-hydrogen) atoms. The number of likely N-dealkylation sites (N-methyl/N-ethyl adjacent to an activating group) is 1. The number of fused-ring (bicyclic) bond motifs is 3. The lowest BCUT2D eigenvalue weighted by molar-refractivity contribution is -0.122. The maximum atomic E-state index is 12.7. The molecular formula is C27H37Cl2N5O. The highest BCUT2D eigenvalue weighted by Crippen LogP contribution is 2.42. The van der Waals surface area contributed by atoms with Gasteiger partial charge in [-0.05, 0) is 44.4 Å².